The van der Waals surface area contributed by atoms with Crippen LogP contribution in [0, 0.1) is 6.92 Å². The van der Waals surface area contributed by atoms with Crippen molar-refractivity contribution < 1.29 is 4.74 Å². The van der Waals surface area contributed by atoms with E-state index in [0.717, 1.165) is 12.1 Å². The first kappa shape index (κ1) is 16.2. The molecule has 0 aliphatic heterocycles. The van der Waals surface area contributed by atoms with Crippen LogP contribution in [0.3, 0.4) is 0 Å². The molecule has 0 fully saturated rings. The van der Waals surface area contributed by atoms with Gasteiger partial charge in [0.15, 0.2) is 0 Å². The lowest BCUT2D eigenvalue weighted by molar-refractivity contribution is 0.293. The van der Waals surface area contributed by atoms with Crippen molar-refractivity contribution in [3.63, 3.8) is 0 Å². The second kappa shape index (κ2) is 7.75. The fraction of sp³-hybridized carbons (Fsp3) is 0.190. The van der Waals surface area contributed by atoms with E-state index < -0.39 is 0 Å². The largest absolute Gasteiger partial charge is 0.473 e. The fourth-order valence-electron chi connectivity index (χ4n) is 2.73. The highest BCUT2D eigenvalue weighted by atomic mass is 16.5. The lowest BCUT2D eigenvalue weighted by Crippen LogP contribution is -2.05. The van der Waals surface area contributed by atoms with Gasteiger partial charge in [-0.2, -0.15) is 0 Å². The Balaban J connectivity index is 1.74. The van der Waals surface area contributed by atoms with Crippen LogP contribution in [0.5, 0.6) is 5.88 Å². The van der Waals surface area contributed by atoms with Gasteiger partial charge in [0.1, 0.15) is 6.61 Å². The Bertz CT molecular complexity index is 783. The first-order valence-electron chi connectivity index (χ1n) is 8.14. The standard InChI is InChI=1S/C21H22N2O/c1-16-19(9-6-10-20(16)18-7-4-3-5-8-18)15-24-21-12-11-17(13-22-2)14-23-21/h3-12,14,22H,13,15H2,1-2H3. The van der Waals surface area contributed by atoms with Crippen molar-refractivity contribution in [3.8, 4) is 17.0 Å². The topological polar surface area (TPSA) is 34.1 Å². The van der Waals surface area contributed by atoms with Gasteiger partial charge in [0.2, 0.25) is 5.88 Å². The third-order valence-corrected chi connectivity index (χ3v) is 4.08. The van der Waals surface area contributed by atoms with Crippen molar-refractivity contribution in [1.29, 1.82) is 0 Å². The number of hydrogen-bond acceptors (Lipinski definition) is 3. The van der Waals surface area contributed by atoms with Crippen LogP contribution in [0.2, 0.25) is 0 Å². The van der Waals surface area contributed by atoms with Gasteiger partial charge in [0, 0.05) is 18.8 Å². The highest BCUT2D eigenvalue weighted by Gasteiger charge is 2.07. The normalized spacial score (nSPS) is 10.6. The van der Waals surface area contributed by atoms with Crippen LogP contribution in [0.25, 0.3) is 11.1 Å². The van der Waals surface area contributed by atoms with E-state index in [0.29, 0.717) is 12.5 Å². The van der Waals surface area contributed by atoms with E-state index in [1.54, 1.807) is 0 Å². The lowest BCUT2D eigenvalue weighted by atomic mass is 9.97. The van der Waals surface area contributed by atoms with E-state index in [-0.39, 0.29) is 0 Å². The molecule has 0 saturated carbocycles. The summed E-state index contributed by atoms with van der Waals surface area (Å²) in [6.45, 7) is 3.47. The van der Waals surface area contributed by atoms with Crippen molar-refractivity contribution in [2.45, 2.75) is 20.1 Å². The first-order valence-corrected chi connectivity index (χ1v) is 8.14. The molecular weight excluding hydrogens is 296 g/mol. The number of benzene rings is 2. The highest BCUT2D eigenvalue weighted by molar-refractivity contribution is 5.68. The van der Waals surface area contributed by atoms with Crippen LogP contribution < -0.4 is 10.1 Å². The number of pyridine rings is 1. The maximum absolute atomic E-state index is 5.87. The maximum atomic E-state index is 5.87. The summed E-state index contributed by atoms with van der Waals surface area (Å²) in [5.41, 5.74) is 6.04. The molecule has 3 aromatic rings. The van der Waals surface area contributed by atoms with Crippen molar-refractivity contribution in [3.05, 3.63) is 83.6 Å². The summed E-state index contributed by atoms with van der Waals surface area (Å²) in [5.74, 6) is 0.652. The monoisotopic (exact) mass is 318 g/mol. The number of rotatable bonds is 6. The number of nitrogens with zero attached hydrogens (tertiary/aromatic N) is 1. The first-order chi connectivity index (χ1) is 11.8. The van der Waals surface area contributed by atoms with E-state index in [1.807, 2.05) is 31.4 Å². The van der Waals surface area contributed by atoms with Crippen LogP contribution in [0.15, 0.2) is 66.9 Å². The Morgan fingerprint density at radius 1 is 0.958 bits per heavy atom. The zero-order valence-electron chi connectivity index (χ0n) is 14.1. The molecule has 0 radical (unpaired) electrons. The van der Waals surface area contributed by atoms with Gasteiger partial charge in [-0.05, 0) is 41.8 Å². The Morgan fingerprint density at radius 2 is 1.79 bits per heavy atom. The van der Waals surface area contributed by atoms with E-state index in [1.165, 1.54) is 22.3 Å². The Kier molecular flexibility index (Phi) is 5.24. The zero-order valence-corrected chi connectivity index (χ0v) is 14.1. The summed E-state index contributed by atoms with van der Waals surface area (Å²) < 4.78 is 5.87. The van der Waals surface area contributed by atoms with E-state index >= 15 is 0 Å². The minimum atomic E-state index is 0.519. The molecule has 0 unspecified atom stereocenters. The molecule has 0 aliphatic rings. The molecule has 0 bridgehead atoms. The number of aromatic nitrogens is 1. The van der Waals surface area contributed by atoms with Gasteiger partial charge in [-0.3, -0.25) is 0 Å². The van der Waals surface area contributed by atoms with Crippen molar-refractivity contribution in [2.24, 2.45) is 0 Å². The van der Waals surface area contributed by atoms with Gasteiger partial charge in [0.25, 0.3) is 0 Å². The molecule has 122 valence electrons. The number of ether oxygens (including phenoxy) is 1. The maximum Gasteiger partial charge on any atom is 0.213 e. The summed E-state index contributed by atoms with van der Waals surface area (Å²) in [6.07, 6.45) is 1.85. The van der Waals surface area contributed by atoms with Crippen LogP contribution >= 0.6 is 0 Å². The Hall–Kier alpha value is -2.65. The van der Waals surface area contributed by atoms with Gasteiger partial charge < -0.3 is 10.1 Å². The molecule has 2 aromatic carbocycles. The predicted octanol–water partition coefficient (Wildman–Crippen LogP) is 4.36. The molecule has 24 heavy (non-hydrogen) atoms. The molecular formula is C21H22N2O. The Morgan fingerprint density at radius 3 is 2.50 bits per heavy atom. The molecule has 1 N–H and O–H groups in total. The summed E-state index contributed by atoms with van der Waals surface area (Å²) in [5, 5.41) is 3.11. The SMILES string of the molecule is CNCc1ccc(OCc2cccc(-c3ccccc3)c2C)nc1. The van der Waals surface area contributed by atoms with Gasteiger partial charge in [-0.25, -0.2) is 4.98 Å². The molecule has 0 aliphatic carbocycles. The smallest absolute Gasteiger partial charge is 0.213 e. The van der Waals surface area contributed by atoms with Crippen LogP contribution in [-0.4, -0.2) is 12.0 Å². The van der Waals surface area contributed by atoms with Crippen molar-refractivity contribution in [1.82, 2.24) is 10.3 Å². The average molecular weight is 318 g/mol. The lowest BCUT2D eigenvalue weighted by Gasteiger charge is -2.12. The zero-order chi connectivity index (χ0) is 16.8. The molecule has 0 spiro atoms. The minimum absolute atomic E-state index is 0.519. The summed E-state index contributed by atoms with van der Waals surface area (Å²) >= 11 is 0. The van der Waals surface area contributed by atoms with E-state index in [9.17, 15) is 0 Å². The van der Waals surface area contributed by atoms with Crippen LogP contribution in [-0.2, 0) is 13.2 Å². The van der Waals surface area contributed by atoms with Gasteiger partial charge in [-0.1, -0.05) is 54.6 Å². The van der Waals surface area contributed by atoms with E-state index in [2.05, 4.69) is 59.7 Å². The fourth-order valence-corrected chi connectivity index (χ4v) is 2.73. The van der Waals surface area contributed by atoms with Gasteiger partial charge in [-0.15, -0.1) is 0 Å². The third-order valence-electron chi connectivity index (χ3n) is 4.08. The molecule has 1 heterocycles. The molecule has 3 nitrogen and oxygen atoms in total. The quantitative estimate of drug-likeness (QED) is 0.733. The third kappa shape index (κ3) is 3.81. The highest BCUT2D eigenvalue weighted by Crippen LogP contribution is 2.26. The van der Waals surface area contributed by atoms with Crippen LogP contribution in [0.1, 0.15) is 16.7 Å². The summed E-state index contributed by atoms with van der Waals surface area (Å²) in [6, 6.07) is 20.7. The minimum Gasteiger partial charge on any atom is -0.473 e. The molecule has 0 atom stereocenters. The van der Waals surface area contributed by atoms with E-state index in [4.69, 9.17) is 4.74 Å². The second-order valence-corrected chi connectivity index (χ2v) is 5.78. The molecule has 1 aromatic heterocycles. The van der Waals surface area contributed by atoms with Crippen molar-refractivity contribution in [2.75, 3.05) is 7.05 Å². The van der Waals surface area contributed by atoms with Gasteiger partial charge in [0.05, 0.1) is 0 Å². The number of hydrogen-bond donors (Lipinski definition) is 1. The number of nitrogens with one attached hydrogen (secondary N) is 1. The summed E-state index contributed by atoms with van der Waals surface area (Å²) in [7, 11) is 1.92. The average Bonchev–Trinajstić information content (AvgIpc) is 2.63. The molecule has 3 heteroatoms. The predicted molar refractivity (Wildman–Crippen MR) is 97.9 cm³/mol. The Labute approximate surface area is 143 Å². The van der Waals surface area contributed by atoms with Crippen LogP contribution in [0.4, 0.5) is 0 Å². The van der Waals surface area contributed by atoms with Crippen molar-refractivity contribution >= 4 is 0 Å². The molecule has 0 amide bonds. The molecule has 3 rings (SSSR count). The second-order valence-electron chi connectivity index (χ2n) is 5.78. The summed E-state index contributed by atoms with van der Waals surface area (Å²) in [4.78, 5) is 4.36. The van der Waals surface area contributed by atoms with Gasteiger partial charge >= 0.3 is 0 Å². The molecule has 0 saturated heterocycles.